The molecule has 1 aliphatic heterocycles. The van der Waals surface area contributed by atoms with Crippen LogP contribution in [-0.4, -0.2) is 31.7 Å². The first-order valence-corrected chi connectivity index (χ1v) is 12.8. The fraction of sp³-hybridized carbons (Fsp3) is 0.480. The number of nitrogens with zero attached hydrogens (tertiary/aromatic N) is 1. The van der Waals surface area contributed by atoms with E-state index in [4.69, 9.17) is 0 Å². The Morgan fingerprint density at radius 3 is 2.06 bits per heavy atom. The maximum absolute atomic E-state index is 13.0. The normalized spacial score (nSPS) is 19.3. The fourth-order valence-electron chi connectivity index (χ4n) is 4.37. The van der Waals surface area contributed by atoms with Gasteiger partial charge in [0, 0.05) is 19.0 Å². The zero-order chi connectivity index (χ0) is 22.0. The highest BCUT2D eigenvalue weighted by Crippen LogP contribution is 2.41. The van der Waals surface area contributed by atoms with Gasteiger partial charge in [-0.1, -0.05) is 56.3 Å². The molecule has 5 nitrogen and oxygen atoms in total. The van der Waals surface area contributed by atoms with Crippen LogP contribution in [0.15, 0.2) is 59.5 Å². The van der Waals surface area contributed by atoms with E-state index in [1.165, 1.54) is 4.31 Å². The van der Waals surface area contributed by atoms with E-state index in [1.54, 1.807) is 12.1 Å². The number of amides is 1. The lowest BCUT2D eigenvalue weighted by Gasteiger charge is -2.31. The van der Waals surface area contributed by atoms with Gasteiger partial charge >= 0.3 is 0 Å². The third-order valence-electron chi connectivity index (χ3n) is 6.56. The van der Waals surface area contributed by atoms with Crippen molar-refractivity contribution in [3.05, 3.63) is 65.7 Å². The summed E-state index contributed by atoms with van der Waals surface area (Å²) in [7, 11) is -3.52. The van der Waals surface area contributed by atoms with E-state index < -0.39 is 10.0 Å². The minimum Gasteiger partial charge on any atom is -0.349 e. The number of benzene rings is 2. The molecule has 31 heavy (non-hydrogen) atoms. The van der Waals surface area contributed by atoms with E-state index in [-0.39, 0.29) is 17.9 Å². The number of nitrogens with one attached hydrogen (secondary N) is 1. The molecule has 1 aliphatic carbocycles. The van der Waals surface area contributed by atoms with Gasteiger partial charge in [-0.25, -0.2) is 8.42 Å². The standard InChI is InChI=1S/C25H32N2O3S/c1-18(2)19-10-12-23(13-11-19)31(29,30)27-16-14-22(15-17-27)25(28)26-24(21-8-9-21)20-6-4-3-5-7-20/h3-7,10-13,18,21-22,24H,8-9,14-17H2,1-2H3,(H,26,28). The van der Waals surface area contributed by atoms with Crippen LogP contribution in [0.5, 0.6) is 0 Å². The number of rotatable bonds is 7. The zero-order valence-electron chi connectivity index (χ0n) is 18.3. The molecule has 1 unspecified atom stereocenters. The lowest BCUT2D eigenvalue weighted by Crippen LogP contribution is -2.43. The average Bonchev–Trinajstić information content (AvgIpc) is 3.63. The van der Waals surface area contributed by atoms with Gasteiger partial charge in [0.15, 0.2) is 0 Å². The predicted molar refractivity (Wildman–Crippen MR) is 122 cm³/mol. The highest BCUT2D eigenvalue weighted by molar-refractivity contribution is 7.89. The van der Waals surface area contributed by atoms with Crippen molar-refractivity contribution < 1.29 is 13.2 Å². The maximum Gasteiger partial charge on any atom is 0.243 e. The minimum atomic E-state index is -3.52. The van der Waals surface area contributed by atoms with Gasteiger partial charge in [0.25, 0.3) is 0 Å². The highest BCUT2D eigenvalue weighted by atomic mass is 32.2. The van der Waals surface area contributed by atoms with Gasteiger partial charge < -0.3 is 5.32 Å². The molecule has 2 aromatic carbocycles. The Bertz CT molecular complexity index is 991. The van der Waals surface area contributed by atoms with Crippen molar-refractivity contribution in [2.45, 2.75) is 56.4 Å². The van der Waals surface area contributed by atoms with Crippen molar-refractivity contribution in [1.82, 2.24) is 9.62 Å². The number of hydrogen-bond acceptors (Lipinski definition) is 3. The largest absolute Gasteiger partial charge is 0.349 e. The van der Waals surface area contributed by atoms with Gasteiger partial charge in [-0.2, -0.15) is 4.31 Å². The SMILES string of the molecule is CC(C)c1ccc(S(=O)(=O)N2CCC(C(=O)NC(c3ccccc3)C3CC3)CC2)cc1. The lowest BCUT2D eigenvalue weighted by atomic mass is 9.95. The third-order valence-corrected chi connectivity index (χ3v) is 8.47. The van der Waals surface area contributed by atoms with Crippen LogP contribution in [0, 0.1) is 11.8 Å². The van der Waals surface area contributed by atoms with E-state index in [0.717, 1.165) is 24.0 Å². The van der Waals surface area contributed by atoms with Crippen LogP contribution in [0.25, 0.3) is 0 Å². The first-order valence-electron chi connectivity index (χ1n) is 11.3. The molecule has 2 fully saturated rings. The number of hydrogen-bond donors (Lipinski definition) is 1. The Hall–Kier alpha value is -2.18. The molecule has 0 aromatic heterocycles. The maximum atomic E-state index is 13.0. The third kappa shape index (κ3) is 5.01. The van der Waals surface area contributed by atoms with E-state index in [9.17, 15) is 13.2 Å². The molecular weight excluding hydrogens is 408 g/mol. The second kappa shape index (κ2) is 9.13. The summed E-state index contributed by atoms with van der Waals surface area (Å²) in [4.78, 5) is 13.3. The van der Waals surface area contributed by atoms with Crippen LogP contribution in [0.1, 0.15) is 62.6 Å². The summed E-state index contributed by atoms with van der Waals surface area (Å²) < 4.78 is 27.6. The summed E-state index contributed by atoms with van der Waals surface area (Å²) in [5.41, 5.74) is 2.28. The van der Waals surface area contributed by atoms with E-state index in [1.807, 2.05) is 30.3 Å². The molecule has 1 N–H and O–H groups in total. The van der Waals surface area contributed by atoms with Gasteiger partial charge in [-0.15, -0.1) is 0 Å². The number of piperidine rings is 1. The smallest absolute Gasteiger partial charge is 0.243 e. The van der Waals surface area contributed by atoms with Crippen LogP contribution in [0.2, 0.25) is 0 Å². The molecule has 1 atom stereocenters. The first kappa shape index (κ1) is 22.0. The van der Waals surface area contributed by atoms with Gasteiger partial charge in [0.2, 0.25) is 15.9 Å². The number of carbonyl (C=O) groups excluding carboxylic acids is 1. The van der Waals surface area contributed by atoms with Crippen LogP contribution in [-0.2, 0) is 14.8 Å². The van der Waals surface area contributed by atoms with Crippen molar-refractivity contribution in [2.24, 2.45) is 11.8 Å². The summed E-state index contributed by atoms with van der Waals surface area (Å²) in [6, 6.07) is 17.4. The average molecular weight is 441 g/mol. The first-order chi connectivity index (χ1) is 14.9. The quantitative estimate of drug-likeness (QED) is 0.690. The van der Waals surface area contributed by atoms with E-state index in [0.29, 0.717) is 42.7 Å². The molecule has 166 valence electrons. The monoisotopic (exact) mass is 440 g/mol. The zero-order valence-corrected chi connectivity index (χ0v) is 19.1. The molecule has 0 spiro atoms. The van der Waals surface area contributed by atoms with Gasteiger partial charge in [0.1, 0.15) is 0 Å². The summed E-state index contributed by atoms with van der Waals surface area (Å²) in [6.45, 7) is 4.94. The number of sulfonamides is 1. The lowest BCUT2D eigenvalue weighted by molar-refractivity contribution is -0.127. The van der Waals surface area contributed by atoms with Crippen LogP contribution in [0.4, 0.5) is 0 Å². The molecule has 0 bridgehead atoms. The molecule has 6 heteroatoms. The summed E-state index contributed by atoms with van der Waals surface area (Å²) in [5.74, 6) is 0.792. The van der Waals surface area contributed by atoms with Crippen molar-refractivity contribution in [3.63, 3.8) is 0 Å². The van der Waals surface area contributed by atoms with E-state index in [2.05, 4.69) is 31.3 Å². The van der Waals surface area contributed by atoms with Crippen molar-refractivity contribution >= 4 is 15.9 Å². The van der Waals surface area contributed by atoms with Crippen LogP contribution < -0.4 is 5.32 Å². The van der Waals surface area contributed by atoms with Crippen LogP contribution >= 0.6 is 0 Å². The van der Waals surface area contributed by atoms with Gasteiger partial charge in [-0.3, -0.25) is 4.79 Å². The Morgan fingerprint density at radius 2 is 1.52 bits per heavy atom. The Morgan fingerprint density at radius 1 is 0.903 bits per heavy atom. The topological polar surface area (TPSA) is 66.5 Å². The molecule has 1 amide bonds. The molecule has 1 heterocycles. The van der Waals surface area contributed by atoms with Crippen LogP contribution in [0.3, 0.4) is 0 Å². The second-order valence-corrected chi connectivity index (χ2v) is 11.1. The van der Waals surface area contributed by atoms with Crippen molar-refractivity contribution in [2.75, 3.05) is 13.1 Å². The molecule has 2 aliphatic rings. The van der Waals surface area contributed by atoms with E-state index >= 15 is 0 Å². The number of carbonyl (C=O) groups is 1. The van der Waals surface area contributed by atoms with Gasteiger partial charge in [-0.05, 0) is 60.8 Å². The van der Waals surface area contributed by atoms with Crippen molar-refractivity contribution in [1.29, 1.82) is 0 Å². The highest BCUT2D eigenvalue weighted by Gasteiger charge is 2.36. The molecule has 4 rings (SSSR count). The van der Waals surface area contributed by atoms with Gasteiger partial charge in [0.05, 0.1) is 10.9 Å². The fourth-order valence-corrected chi connectivity index (χ4v) is 5.84. The molecule has 1 saturated carbocycles. The summed E-state index contributed by atoms with van der Waals surface area (Å²) in [6.07, 6.45) is 3.40. The predicted octanol–water partition coefficient (Wildman–Crippen LogP) is 4.48. The second-order valence-electron chi connectivity index (χ2n) is 9.14. The minimum absolute atomic E-state index is 0.0547. The molecule has 0 radical (unpaired) electrons. The Labute approximate surface area is 185 Å². The summed E-state index contributed by atoms with van der Waals surface area (Å²) >= 11 is 0. The molecule has 2 aromatic rings. The Balaban J connectivity index is 1.37. The molecular formula is C25H32N2O3S. The summed E-state index contributed by atoms with van der Waals surface area (Å²) in [5, 5.41) is 3.26. The molecule has 1 saturated heterocycles. The Kier molecular flexibility index (Phi) is 6.49. The van der Waals surface area contributed by atoms with Crippen molar-refractivity contribution in [3.8, 4) is 0 Å².